The van der Waals surface area contributed by atoms with E-state index in [0.29, 0.717) is 18.8 Å². The highest BCUT2D eigenvalue weighted by Crippen LogP contribution is 2.18. The van der Waals surface area contributed by atoms with Crippen LogP contribution in [0.3, 0.4) is 0 Å². The Hall–Kier alpha value is -2.45. The fourth-order valence-corrected chi connectivity index (χ4v) is 4.59. The Bertz CT molecular complexity index is 976. The molecule has 0 saturated carbocycles. The van der Waals surface area contributed by atoms with Gasteiger partial charge in [-0.3, -0.25) is 9.59 Å². The Morgan fingerprint density at radius 2 is 1.88 bits per heavy atom. The number of pyridine rings is 1. The summed E-state index contributed by atoms with van der Waals surface area (Å²) in [5.41, 5.74) is 0.946. The second-order valence-electron chi connectivity index (χ2n) is 6.33. The fourth-order valence-electron chi connectivity index (χ4n) is 2.98. The Kier molecular flexibility index (Phi) is 5.24. The van der Waals surface area contributed by atoms with Crippen molar-refractivity contribution in [3.63, 3.8) is 0 Å². The molecule has 1 N–H and O–H groups in total. The van der Waals surface area contributed by atoms with Crippen molar-refractivity contribution in [3.8, 4) is 0 Å². The van der Waals surface area contributed by atoms with Crippen molar-refractivity contribution in [1.82, 2.24) is 8.87 Å². The minimum Gasteiger partial charge on any atom is -0.325 e. The second-order valence-corrected chi connectivity index (χ2v) is 8.24. The molecule has 7 nitrogen and oxygen atoms in total. The van der Waals surface area contributed by atoms with E-state index in [9.17, 15) is 18.0 Å². The van der Waals surface area contributed by atoms with Crippen LogP contribution >= 0.6 is 0 Å². The van der Waals surface area contributed by atoms with Gasteiger partial charge in [0.1, 0.15) is 11.4 Å². The Morgan fingerprint density at radius 1 is 1.15 bits per heavy atom. The normalized spacial score (nSPS) is 15.1. The number of nitrogens with one attached hydrogen (secondary N) is 1. The molecule has 1 amide bonds. The van der Waals surface area contributed by atoms with E-state index in [1.807, 2.05) is 25.1 Å². The van der Waals surface area contributed by atoms with Crippen LogP contribution in [-0.4, -0.2) is 36.3 Å². The molecular weight excluding hydrogens is 354 g/mol. The van der Waals surface area contributed by atoms with Crippen molar-refractivity contribution in [2.75, 3.05) is 18.4 Å². The van der Waals surface area contributed by atoms with E-state index in [-0.39, 0.29) is 11.4 Å². The second kappa shape index (κ2) is 7.43. The molecule has 1 saturated heterocycles. The molecular formula is C18H21N3O4S. The van der Waals surface area contributed by atoms with Crippen molar-refractivity contribution in [1.29, 1.82) is 0 Å². The van der Waals surface area contributed by atoms with E-state index in [1.54, 1.807) is 6.07 Å². The first-order valence-electron chi connectivity index (χ1n) is 8.44. The zero-order chi connectivity index (χ0) is 18.7. The molecule has 26 heavy (non-hydrogen) atoms. The number of hydrogen-bond acceptors (Lipinski definition) is 4. The molecule has 1 fully saturated rings. The van der Waals surface area contributed by atoms with Gasteiger partial charge in [-0.05, 0) is 49.6 Å². The summed E-state index contributed by atoms with van der Waals surface area (Å²) in [6.45, 7) is 2.50. The molecule has 3 rings (SSSR count). The van der Waals surface area contributed by atoms with E-state index >= 15 is 0 Å². The lowest BCUT2D eigenvalue weighted by atomic mass is 10.2. The predicted octanol–water partition coefficient (Wildman–Crippen LogP) is 1.58. The van der Waals surface area contributed by atoms with E-state index in [2.05, 4.69) is 5.32 Å². The lowest BCUT2D eigenvalue weighted by Crippen LogP contribution is -2.36. The predicted molar refractivity (Wildman–Crippen MR) is 98.5 cm³/mol. The smallest absolute Gasteiger partial charge is 0.271 e. The molecule has 0 unspecified atom stereocenters. The molecule has 2 aromatic rings. The zero-order valence-corrected chi connectivity index (χ0v) is 15.3. The summed E-state index contributed by atoms with van der Waals surface area (Å²) in [4.78, 5) is 24.5. The van der Waals surface area contributed by atoms with Crippen LogP contribution in [0.1, 0.15) is 18.4 Å². The highest BCUT2D eigenvalue weighted by atomic mass is 32.2. The van der Waals surface area contributed by atoms with E-state index in [4.69, 9.17) is 0 Å². The lowest BCUT2D eigenvalue weighted by Gasteiger charge is -2.16. The molecule has 0 bridgehead atoms. The van der Waals surface area contributed by atoms with E-state index in [0.717, 1.165) is 23.0 Å². The average Bonchev–Trinajstić information content (AvgIpc) is 3.12. The number of rotatable bonds is 5. The van der Waals surface area contributed by atoms with E-state index < -0.39 is 21.5 Å². The number of hydrogen-bond donors (Lipinski definition) is 1. The quantitative estimate of drug-likeness (QED) is 0.859. The molecule has 2 heterocycles. The first-order valence-corrected chi connectivity index (χ1v) is 9.88. The minimum absolute atomic E-state index is 0.254. The number of nitrogens with zero attached hydrogens (tertiary/aromatic N) is 2. The van der Waals surface area contributed by atoms with Crippen molar-refractivity contribution in [2.45, 2.75) is 31.2 Å². The lowest BCUT2D eigenvalue weighted by molar-refractivity contribution is -0.116. The molecule has 1 aromatic heterocycles. The van der Waals surface area contributed by atoms with Gasteiger partial charge in [0.25, 0.3) is 5.56 Å². The summed E-state index contributed by atoms with van der Waals surface area (Å²) in [6.07, 6.45) is 3.00. The topological polar surface area (TPSA) is 88.5 Å². The van der Waals surface area contributed by atoms with Gasteiger partial charge in [0.15, 0.2) is 0 Å². The van der Waals surface area contributed by atoms with Crippen LogP contribution in [0.5, 0.6) is 0 Å². The van der Waals surface area contributed by atoms with Gasteiger partial charge >= 0.3 is 0 Å². The molecule has 0 radical (unpaired) electrons. The van der Waals surface area contributed by atoms with E-state index in [1.165, 1.54) is 22.6 Å². The number of anilines is 1. The monoisotopic (exact) mass is 375 g/mol. The van der Waals surface area contributed by atoms with Crippen LogP contribution in [0.4, 0.5) is 5.69 Å². The Labute approximate surface area is 152 Å². The maximum Gasteiger partial charge on any atom is 0.271 e. The van der Waals surface area contributed by atoms with Crippen LogP contribution in [0.25, 0.3) is 0 Å². The summed E-state index contributed by atoms with van der Waals surface area (Å²) < 4.78 is 27.7. The molecule has 0 atom stereocenters. The third kappa shape index (κ3) is 3.86. The van der Waals surface area contributed by atoms with Gasteiger partial charge in [-0.25, -0.2) is 8.42 Å². The van der Waals surface area contributed by atoms with Gasteiger partial charge < -0.3 is 9.88 Å². The third-order valence-electron chi connectivity index (χ3n) is 4.28. The van der Waals surface area contributed by atoms with Crippen LogP contribution in [0.15, 0.2) is 52.3 Å². The first-order chi connectivity index (χ1) is 12.4. The summed E-state index contributed by atoms with van der Waals surface area (Å²) in [5, 5.41) is 2.71. The maximum absolute atomic E-state index is 12.6. The molecule has 138 valence electrons. The number of amides is 1. The number of aryl methyl sites for hydroxylation is 1. The van der Waals surface area contributed by atoms with Crippen LogP contribution in [-0.2, 0) is 21.4 Å². The number of carbonyl (C=O) groups is 1. The molecule has 0 aliphatic carbocycles. The van der Waals surface area contributed by atoms with Gasteiger partial charge in [-0.1, -0.05) is 12.1 Å². The number of benzene rings is 1. The number of aromatic nitrogens is 1. The summed E-state index contributed by atoms with van der Waals surface area (Å²) in [6, 6.07) is 10.1. The number of carbonyl (C=O) groups excluding carboxylic acids is 1. The molecule has 8 heteroatoms. The fraction of sp³-hybridized carbons (Fsp3) is 0.333. The van der Waals surface area contributed by atoms with Gasteiger partial charge in [0, 0.05) is 25.0 Å². The maximum atomic E-state index is 12.6. The number of sulfonamides is 1. The zero-order valence-electron chi connectivity index (χ0n) is 14.5. The summed E-state index contributed by atoms with van der Waals surface area (Å²) in [7, 11) is -3.82. The van der Waals surface area contributed by atoms with Gasteiger partial charge in [0.2, 0.25) is 15.9 Å². The Balaban J connectivity index is 1.81. The summed E-state index contributed by atoms with van der Waals surface area (Å²) in [5.74, 6) is -0.395. The SMILES string of the molecule is Cc1cccc(NC(=O)Cn2cccc(S(=O)(=O)N3CCCC3)c2=O)c1. The van der Waals surface area contributed by atoms with Crippen LogP contribution < -0.4 is 10.9 Å². The van der Waals surface area contributed by atoms with Crippen molar-refractivity contribution >= 4 is 21.6 Å². The summed E-state index contributed by atoms with van der Waals surface area (Å²) >= 11 is 0. The molecule has 0 spiro atoms. The van der Waals surface area contributed by atoms with Gasteiger partial charge in [0.05, 0.1) is 0 Å². The Morgan fingerprint density at radius 3 is 2.58 bits per heavy atom. The van der Waals surface area contributed by atoms with Crippen LogP contribution in [0, 0.1) is 6.92 Å². The van der Waals surface area contributed by atoms with Gasteiger partial charge in [-0.15, -0.1) is 0 Å². The average molecular weight is 375 g/mol. The molecule has 1 aliphatic heterocycles. The highest BCUT2D eigenvalue weighted by molar-refractivity contribution is 7.89. The van der Waals surface area contributed by atoms with Crippen molar-refractivity contribution < 1.29 is 13.2 Å². The van der Waals surface area contributed by atoms with Crippen molar-refractivity contribution in [2.24, 2.45) is 0 Å². The highest BCUT2D eigenvalue weighted by Gasteiger charge is 2.29. The van der Waals surface area contributed by atoms with Crippen molar-refractivity contribution in [3.05, 3.63) is 58.5 Å². The minimum atomic E-state index is -3.82. The largest absolute Gasteiger partial charge is 0.325 e. The first kappa shape index (κ1) is 18.3. The molecule has 1 aliphatic rings. The standard InChI is InChI=1S/C18H21N3O4S/c1-14-6-4-7-15(12-14)19-17(22)13-20-9-5-8-16(18(20)23)26(24,25)21-10-2-3-11-21/h4-9,12H,2-3,10-11,13H2,1H3,(H,19,22). The molecule has 1 aromatic carbocycles. The van der Waals surface area contributed by atoms with Crippen LogP contribution in [0.2, 0.25) is 0 Å². The third-order valence-corrected chi connectivity index (χ3v) is 6.20. The van der Waals surface area contributed by atoms with Gasteiger partial charge in [-0.2, -0.15) is 4.31 Å².